The van der Waals surface area contributed by atoms with Crippen molar-refractivity contribution in [1.29, 1.82) is 0 Å². The molecule has 2 aliphatic heterocycles. The van der Waals surface area contributed by atoms with Crippen molar-refractivity contribution in [2.24, 2.45) is 0 Å². The van der Waals surface area contributed by atoms with Crippen LogP contribution < -0.4 is 19.6 Å². The number of benzene rings is 2. The second kappa shape index (κ2) is 23.1. The Hall–Kier alpha value is -5.80. The zero-order valence-corrected chi connectivity index (χ0v) is 38.7. The number of ketones is 1. The van der Waals surface area contributed by atoms with Gasteiger partial charge in [-0.05, 0) is 130 Å². The molecular formula is C46H55F6N6O7S+. The summed E-state index contributed by atoms with van der Waals surface area (Å²) >= 11 is -0.267. The van der Waals surface area contributed by atoms with E-state index in [1.54, 1.807) is 56.0 Å². The number of aromatic carboxylic acids is 1. The number of likely N-dealkylation sites (N-methyl/N-ethyl adjacent to an activating group) is 1. The van der Waals surface area contributed by atoms with Gasteiger partial charge < -0.3 is 14.7 Å². The summed E-state index contributed by atoms with van der Waals surface area (Å²) in [6, 6.07) is 13.4. The van der Waals surface area contributed by atoms with E-state index in [4.69, 9.17) is 9.94 Å². The van der Waals surface area contributed by atoms with Crippen LogP contribution >= 0.6 is 11.8 Å². The Balaban J connectivity index is 0.000000338. The molecule has 1 fully saturated rings. The van der Waals surface area contributed by atoms with Crippen LogP contribution in [0.4, 0.5) is 37.7 Å². The number of ether oxygens (including phenoxy) is 1. The van der Waals surface area contributed by atoms with Crippen molar-refractivity contribution in [3.8, 4) is 5.75 Å². The van der Waals surface area contributed by atoms with Gasteiger partial charge in [0.15, 0.2) is 11.8 Å². The number of quaternary nitrogens is 1. The number of carbonyl (C=O) groups excluding carboxylic acids is 3. The number of anilines is 2. The van der Waals surface area contributed by atoms with E-state index in [-0.39, 0.29) is 65.6 Å². The van der Waals surface area contributed by atoms with Crippen molar-refractivity contribution in [2.75, 3.05) is 43.7 Å². The van der Waals surface area contributed by atoms with Gasteiger partial charge in [0.1, 0.15) is 17.6 Å². The van der Waals surface area contributed by atoms with Gasteiger partial charge in [0.2, 0.25) is 12.3 Å². The number of halogens is 6. The second-order valence-electron chi connectivity index (χ2n) is 15.5. The maximum atomic E-state index is 13.1. The Morgan fingerprint density at radius 2 is 1.65 bits per heavy atom. The highest BCUT2D eigenvalue weighted by Gasteiger charge is 2.46. The molecule has 2 aromatic carbocycles. The average Bonchev–Trinajstić information content (AvgIpc) is 3.48. The van der Waals surface area contributed by atoms with Crippen LogP contribution in [0.15, 0.2) is 120 Å². The number of carboxylic acid groups (broad SMARTS) is 1. The molecule has 66 heavy (non-hydrogen) atoms. The van der Waals surface area contributed by atoms with Crippen LogP contribution in [-0.4, -0.2) is 107 Å². The summed E-state index contributed by atoms with van der Waals surface area (Å²) in [7, 11) is 3.29. The van der Waals surface area contributed by atoms with E-state index >= 15 is 0 Å². The Bertz CT molecular complexity index is 2250. The van der Waals surface area contributed by atoms with Gasteiger partial charge in [-0.2, -0.15) is 18.2 Å². The largest absolute Gasteiger partial charge is 0.573 e. The smallest absolute Gasteiger partial charge is 0.477 e. The lowest BCUT2D eigenvalue weighted by Gasteiger charge is -2.35. The van der Waals surface area contributed by atoms with Crippen LogP contribution in [0.3, 0.4) is 0 Å². The number of pyridine rings is 1. The SMILES string of the molecule is C=CC1=C(CN2CN(c3ccc(OC(F)(F)F)cc3)C(=O)C2(C)C)C=C[NH+](OC)C1C=C.CC.CN(Cc1ccnc(C(=O)O)c1)C(C)(C)C(=O)CN(C=O)c1ccc(SC(F)(F)F)cc1. The van der Waals surface area contributed by atoms with Crippen LogP contribution in [0, 0.1) is 0 Å². The Labute approximate surface area is 384 Å². The number of carbonyl (C=O) groups is 4. The molecule has 3 heterocycles. The van der Waals surface area contributed by atoms with Gasteiger partial charge in [-0.25, -0.2) is 14.6 Å². The van der Waals surface area contributed by atoms with Gasteiger partial charge in [0, 0.05) is 41.1 Å². The molecule has 358 valence electrons. The van der Waals surface area contributed by atoms with Crippen molar-refractivity contribution in [3.05, 3.63) is 127 Å². The number of aromatic nitrogens is 1. The zero-order chi connectivity index (χ0) is 49.8. The molecule has 0 bridgehead atoms. The summed E-state index contributed by atoms with van der Waals surface area (Å²) < 4.78 is 78.6. The zero-order valence-electron chi connectivity index (χ0n) is 37.9. The molecule has 0 aliphatic carbocycles. The van der Waals surface area contributed by atoms with Crippen molar-refractivity contribution in [3.63, 3.8) is 0 Å². The van der Waals surface area contributed by atoms with Gasteiger partial charge >= 0.3 is 17.8 Å². The Morgan fingerprint density at radius 1 is 1.03 bits per heavy atom. The second-order valence-corrected chi connectivity index (χ2v) is 16.6. The first-order valence-corrected chi connectivity index (χ1v) is 21.2. The first-order chi connectivity index (χ1) is 30.8. The summed E-state index contributed by atoms with van der Waals surface area (Å²) in [6.45, 7) is 19.5. The molecular weight excluding hydrogens is 895 g/mol. The molecule has 2 atom stereocenters. The van der Waals surface area contributed by atoms with Crippen LogP contribution in [0.1, 0.15) is 57.6 Å². The lowest BCUT2D eigenvalue weighted by molar-refractivity contribution is -1.06. The summed E-state index contributed by atoms with van der Waals surface area (Å²) in [5.41, 5.74) is -3.00. The van der Waals surface area contributed by atoms with Crippen LogP contribution in [-0.2, 0) is 25.8 Å². The number of amides is 2. The molecule has 5 rings (SSSR count). The van der Waals surface area contributed by atoms with Gasteiger partial charge in [0.05, 0.1) is 31.4 Å². The number of alkyl halides is 6. The third kappa shape index (κ3) is 14.3. The first-order valence-electron chi connectivity index (χ1n) is 20.4. The fraction of sp³-hybridized carbons (Fsp3) is 0.370. The van der Waals surface area contributed by atoms with Gasteiger partial charge in [-0.15, -0.1) is 13.2 Å². The number of hydroxylamine groups is 2. The number of Topliss-reactive ketones (excluding diaryl/α,β-unsaturated/α-hetero) is 1. The number of rotatable bonds is 17. The summed E-state index contributed by atoms with van der Waals surface area (Å²) in [5, 5.41) is 9.84. The Kier molecular flexibility index (Phi) is 19.1. The molecule has 2 N–H and O–H groups in total. The minimum absolute atomic E-state index is 0.0310. The third-order valence-corrected chi connectivity index (χ3v) is 11.4. The van der Waals surface area contributed by atoms with E-state index in [1.807, 2.05) is 44.9 Å². The van der Waals surface area contributed by atoms with Crippen molar-refractivity contribution in [2.45, 2.75) is 82.0 Å². The molecule has 0 spiro atoms. The Morgan fingerprint density at radius 3 is 2.17 bits per heavy atom. The average molecular weight is 950 g/mol. The predicted molar refractivity (Wildman–Crippen MR) is 239 cm³/mol. The van der Waals surface area contributed by atoms with Crippen LogP contribution in [0.2, 0.25) is 0 Å². The topological polar surface area (TPSA) is 137 Å². The minimum atomic E-state index is -4.77. The predicted octanol–water partition coefficient (Wildman–Crippen LogP) is 7.84. The monoisotopic (exact) mass is 949 g/mol. The molecule has 0 saturated carbocycles. The highest BCUT2D eigenvalue weighted by atomic mass is 32.2. The molecule has 2 aliphatic rings. The maximum Gasteiger partial charge on any atom is 0.573 e. The van der Waals surface area contributed by atoms with Crippen LogP contribution in [0.5, 0.6) is 5.75 Å². The summed E-state index contributed by atoms with van der Waals surface area (Å²) in [4.78, 5) is 64.3. The number of hydrogen-bond donors (Lipinski definition) is 2. The molecule has 2 unspecified atom stereocenters. The number of thioether (sulfide) groups is 1. The normalized spacial score (nSPS) is 17.3. The maximum absolute atomic E-state index is 13.1. The van der Waals surface area contributed by atoms with Crippen molar-refractivity contribution >= 4 is 47.2 Å². The fourth-order valence-electron chi connectivity index (χ4n) is 6.68. The van der Waals surface area contributed by atoms with E-state index in [2.05, 4.69) is 22.9 Å². The molecule has 13 nitrogen and oxygen atoms in total. The lowest BCUT2D eigenvalue weighted by atomic mass is 9.95. The highest BCUT2D eigenvalue weighted by molar-refractivity contribution is 8.00. The van der Waals surface area contributed by atoms with Crippen molar-refractivity contribution < 1.29 is 65.3 Å². The number of nitrogens with one attached hydrogen (secondary N) is 1. The standard InChI is InChI=1S/C23H26F3N3O3.C21H22F3N3O4S.C2H6/c1-6-19-16(12-13-29(31-5)20(19)7-2)14-27-15-28(21(30)22(27,3)4)17-8-10-18(11-9-17)32-23(24,25)26;1-20(2,26(3)11-14-8-9-25-17(10-14)19(30)31)18(29)12-27(13-28)15-4-6-16(7-5-15)32-21(22,23)24;1-2/h6-13,20H,1-2,14-15H2,3-5H3;4-10,13H,11-12H2,1-3H3,(H,30,31);1-2H3/p+1. The lowest BCUT2D eigenvalue weighted by Crippen LogP contribution is -3.10. The van der Waals surface area contributed by atoms with E-state index in [0.717, 1.165) is 21.1 Å². The quantitative estimate of drug-likeness (QED) is 0.0593. The molecule has 1 saturated heterocycles. The van der Waals surface area contributed by atoms with E-state index < -0.39 is 28.9 Å². The van der Waals surface area contributed by atoms with Gasteiger partial charge in [-0.3, -0.25) is 29.1 Å². The fourth-order valence-corrected chi connectivity index (χ4v) is 7.22. The molecule has 2 amide bonds. The van der Waals surface area contributed by atoms with Crippen LogP contribution in [0.25, 0.3) is 0 Å². The van der Waals surface area contributed by atoms with E-state index in [1.165, 1.54) is 60.8 Å². The number of nitrogens with zero attached hydrogens (tertiary/aromatic N) is 5. The van der Waals surface area contributed by atoms with E-state index in [9.17, 15) is 45.5 Å². The van der Waals surface area contributed by atoms with Crippen molar-refractivity contribution in [1.82, 2.24) is 14.8 Å². The molecule has 20 heteroatoms. The summed E-state index contributed by atoms with van der Waals surface area (Å²) in [5.74, 6) is -1.95. The molecule has 1 aromatic heterocycles. The first kappa shape index (κ1) is 54.5. The minimum Gasteiger partial charge on any atom is -0.477 e. The molecule has 3 aromatic rings. The van der Waals surface area contributed by atoms with Gasteiger partial charge in [-0.1, -0.05) is 33.1 Å². The highest BCUT2D eigenvalue weighted by Crippen LogP contribution is 2.38. The van der Waals surface area contributed by atoms with E-state index in [0.29, 0.717) is 29.9 Å². The van der Waals surface area contributed by atoms with Gasteiger partial charge in [0.25, 0.3) is 0 Å². The molecule has 0 radical (unpaired) electrons. The number of carboxylic acids is 1. The number of hydrogen-bond acceptors (Lipinski definition) is 10. The third-order valence-electron chi connectivity index (χ3n) is 10.7. The summed E-state index contributed by atoms with van der Waals surface area (Å²) in [6.07, 6.45) is 4.44.